The maximum Gasteiger partial charge on any atom is 0.254 e. The van der Waals surface area contributed by atoms with Crippen molar-refractivity contribution in [2.24, 2.45) is 7.05 Å². The molecule has 0 aliphatic carbocycles. The molecular weight excluding hydrogens is 438 g/mol. The lowest BCUT2D eigenvalue weighted by Crippen LogP contribution is -2.32. The number of aromatic nitrogens is 2. The maximum absolute atomic E-state index is 13.1. The van der Waals surface area contributed by atoms with Gasteiger partial charge in [0, 0.05) is 49.5 Å². The van der Waals surface area contributed by atoms with Crippen LogP contribution in [0.15, 0.2) is 90.0 Å². The third-order valence-corrected chi connectivity index (χ3v) is 5.34. The first kappa shape index (κ1) is 24.0. The van der Waals surface area contributed by atoms with Crippen molar-refractivity contribution < 1.29 is 9.53 Å². The Balaban J connectivity index is 0.00000306. The molecule has 33 heavy (non-hydrogen) atoms. The Labute approximate surface area is 198 Å². The van der Waals surface area contributed by atoms with Crippen molar-refractivity contribution >= 4 is 29.2 Å². The smallest absolute Gasteiger partial charge is 0.254 e. The van der Waals surface area contributed by atoms with E-state index in [1.165, 1.54) is 0 Å². The number of ether oxygens (including phenoxy) is 1. The van der Waals surface area contributed by atoms with Crippen molar-refractivity contribution in [3.05, 3.63) is 107 Å². The Hall–Kier alpha value is -3.64. The lowest BCUT2D eigenvalue weighted by Gasteiger charge is -2.23. The summed E-state index contributed by atoms with van der Waals surface area (Å²) in [7, 11) is 1.76. The predicted molar refractivity (Wildman–Crippen MR) is 132 cm³/mol. The summed E-state index contributed by atoms with van der Waals surface area (Å²) in [5.74, 6) is 0.727. The first-order valence-corrected chi connectivity index (χ1v) is 10.6. The number of rotatable bonds is 8. The number of benzene rings is 2. The van der Waals surface area contributed by atoms with E-state index in [-0.39, 0.29) is 23.9 Å². The highest BCUT2D eigenvalue weighted by Crippen LogP contribution is 2.19. The molecule has 2 aromatic carbocycles. The second-order valence-electron chi connectivity index (χ2n) is 7.61. The minimum atomic E-state index is -0.0389. The summed E-state index contributed by atoms with van der Waals surface area (Å²) < 4.78 is 7.55. The number of carbonyl (C=O) groups excluding carboxylic acids is 1. The van der Waals surface area contributed by atoms with E-state index >= 15 is 0 Å². The van der Waals surface area contributed by atoms with Crippen LogP contribution in [0.3, 0.4) is 0 Å². The molecule has 0 radical (unpaired) electrons. The van der Waals surface area contributed by atoms with Crippen LogP contribution in [0, 0.1) is 0 Å². The lowest BCUT2D eigenvalue weighted by molar-refractivity contribution is 0.0734. The van der Waals surface area contributed by atoms with Gasteiger partial charge in [0.25, 0.3) is 11.5 Å². The van der Waals surface area contributed by atoms with Crippen LogP contribution in [0.25, 0.3) is 10.9 Å². The summed E-state index contributed by atoms with van der Waals surface area (Å²) in [5.41, 5.74) is 2.47. The molecule has 0 bridgehead atoms. The average molecular weight is 464 g/mol. The lowest BCUT2D eigenvalue weighted by atomic mass is 10.1. The Morgan fingerprint density at radius 2 is 1.85 bits per heavy atom. The van der Waals surface area contributed by atoms with Gasteiger partial charge in [0.2, 0.25) is 0 Å². The van der Waals surface area contributed by atoms with Crippen LogP contribution in [0.4, 0.5) is 0 Å². The molecule has 0 spiro atoms. The number of fused-ring (bicyclic) bond motifs is 1. The van der Waals surface area contributed by atoms with Gasteiger partial charge in [0.05, 0.1) is 12.1 Å². The molecule has 0 N–H and O–H groups in total. The molecule has 0 saturated heterocycles. The highest BCUT2D eigenvalue weighted by molar-refractivity contribution is 5.94. The molecule has 0 saturated carbocycles. The van der Waals surface area contributed by atoms with Gasteiger partial charge >= 0.3 is 0 Å². The molecule has 7 heteroatoms. The van der Waals surface area contributed by atoms with E-state index in [1.54, 1.807) is 36.1 Å². The molecule has 1 amide bonds. The number of nitrogens with zero attached hydrogens (tertiary/aromatic N) is 3. The summed E-state index contributed by atoms with van der Waals surface area (Å²) in [6.07, 6.45) is 4.19. The van der Waals surface area contributed by atoms with Crippen molar-refractivity contribution in [1.29, 1.82) is 0 Å². The minimum absolute atomic E-state index is 0. The van der Waals surface area contributed by atoms with Gasteiger partial charge in [-0.2, -0.15) is 0 Å². The van der Waals surface area contributed by atoms with E-state index < -0.39 is 0 Å². The van der Waals surface area contributed by atoms with Crippen molar-refractivity contribution in [2.75, 3.05) is 13.2 Å². The number of aryl methyl sites for hydroxylation is 1. The number of pyridine rings is 2. The third kappa shape index (κ3) is 5.99. The first-order valence-electron chi connectivity index (χ1n) is 10.6. The Morgan fingerprint density at radius 3 is 2.61 bits per heavy atom. The molecule has 2 heterocycles. The van der Waals surface area contributed by atoms with Crippen LogP contribution in [-0.4, -0.2) is 33.5 Å². The molecule has 4 rings (SSSR count). The second kappa shape index (κ2) is 11.3. The van der Waals surface area contributed by atoms with E-state index in [4.69, 9.17) is 4.74 Å². The van der Waals surface area contributed by atoms with Crippen LogP contribution >= 0.6 is 12.4 Å². The van der Waals surface area contributed by atoms with Gasteiger partial charge in [-0.15, -0.1) is 12.4 Å². The van der Waals surface area contributed by atoms with E-state index in [2.05, 4.69) is 4.98 Å². The number of carbonyl (C=O) groups is 1. The summed E-state index contributed by atoms with van der Waals surface area (Å²) in [4.78, 5) is 30.8. The fourth-order valence-corrected chi connectivity index (χ4v) is 3.63. The monoisotopic (exact) mass is 463 g/mol. The fraction of sp³-hybridized carbons (Fsp3) is 0.192. The number of halogens is 1. The SMILES string of the molecule is Cl.Cn1c(=O)ccc2cc(OCCCN(Cc3cccnc3)C(=O)c3ccccc3)ccc21. The minimum Gasteiger partial charge on any atom is -0.494 e. The Bertz CT molecular complexity index is 1260. The van der Waals surface area contributed by atoms with Gasteiger partial charge in [-0.05, 0) is 54.4 Å². The van der Waals surface area contributed by atoms with Gasteiger partial charge in [-0.1, -0.05) is 24.3 Å². The Morgan fingerprint density at radius 1 is 1.03 bits per heavy atom. The van der Waals surface area contributed by atoms with Crippen molar-refractivity contribution in [3.8, 4) is 5.75 Å². The molecule has 4 aromatic rings. The maximum atomic E-state index is 13.1. The number of hydrogen-bond acceptors (Lipinski definition) is 4. The van der Waals surface area contributed by atoms with Crippen LogP contribution in [0.1, 0.15) is 22.3 Å². The zero-order valence-electron chi connectivity index (χ0n) is 18.4. The van der Waals surface area contributed by atoms with Crippen LogP contribution in [0.5, 0.6) is 5.75 Å². The molecule has 2 aromatic heterocycles. The summed E-state index contributed by atoms with van der Waals surface area (Å²) in [6.45, 7) is 1.53. The first-order chi connectivity index (χ1) is 15.6. The average Bonchev–Trinajstić information content (AvgIpc) is 2.84. The second-order valence-corrected chi connectivity index (χ2v) is 7.61. The third-order valence-electron chi connectivity index (χ3n) is 5.34. The number of amides is 1. The molecule has 0 unspecified atom stereocenters. The Kier molecular flexibility index (Phi) is 8.22. The van der Waals surface area contributed by atoms with Gasteiger partial charge in [-0.25, -0.2) is 0 Å². The molecule has 0 aliphatic rings. The zero-order chi connectivity index (χ0) is 22.3. The molecule has 6 nitrogen and oxygen atoms in total. The molecule has 170 valence electrons. The van der Waals surface area contributed by atoms with Crippen LogP contribution in [0.2, 0.25) is 0 Å². The standard InChI is InChI=1S/C26H25N3O3.ClH/c1-28-24-12-11-23(17-22(24)10-13-25(28)30)32-16-6-15-29(19-20-7-5-14-27-18-20)26(31)21-8-3-2-4-9-21;/h2-5,7-14,17-18H,6,15-16,19H2,1H3;1H. The van der Waals surface area contributed by atoms with Crippen molar-refractivity contribution in [1.82, 2.24) is 14.5 Å². The largest absolute Gasteiger partial charge is 0.494 e. The molecule has 0 atom stereocenters. The summed E-state index contributed by atoms with van der Waals surface area (Å²) in [5, 5.41) is 0.946. The van der Waals surface area contributed by atoms with Gasteiger partial charge < -0.3 is 14.2 Å². The van der Waals surface area contributed by atoms with Crippen molar-refractivity contribution in [2.45, 2.75) is 13.0 Å². The summed E-state index contributed by atoms with van der Waals surface area (Å²) in [6, 6.07) is 22.2. The fourth-order valence-electron chi connectivity index (χ4n) is 3.63. The van der Waals surface area contributed by atoms with Crippen LogP contribution in [-0.2, 0) is 13.6 Å². The van der Waals surface area contributed by atoms with E-state index in [0.717, 1.165) is 22.2 Å². The van der Waals surface area contributed by atoms with E-state index in [0.29, 0.717) is 31.7 Å². The van der Waals surface area contributed by atoms with Gasteiger partial charge in [-0.3, -0.25) is 14.6 Å². The molecule has 0 fully saturated rings. The predicted octanol–water partition coefficient (Wildman–Crippen LogP) is 4.47. The normalized spacial score (nSPS) is 10.5. The topological polar surface area (TPSA) is 64.4 Å². The van der Waals surface area contributed by atoms with E-state index in [1.807, 2.05) is 65.6 Å². The molecule has 0 aliphatic heterocycles. The summed E-state index contributed by atoms with van der Waals surface area (Å²) >= 11 is 0. The van der Waals surface area contributed by atoms with E-state index in [9.17, 15) is 9.59 Å². The van der Waals surface area contributed by atoms with Gasteiger partial charge in [0.1, 0.15) is 5.75 Å². The highest BCUT2D eigenvalue weighted by atomic mass is 35.5. The van der Waals surface area contributed by atoms with Gasteiger partial charge in [0.15, 0.2) is 0 Å². The van der Waals surface area contributed by atoms with Crippen LogP contribution < -0.4 is 10.3 Å². The molecular formula is C26H26ClN3O3. The number of hydrogen-bond donors (Lipinski definition) is 0. The quantitative estimate of drug-likeness (QED) is 0.362. The zero-order valence-corrected chi connectivity index (χ0v) is 19.2. The highest BCUT2D eigenvalue weighted by Gasteiger charge is 2.16. The van der Waals surface area contributed by atoms with Crippen molar-refractivity contribution in [3.63, 3.8) is 0 Å².